The molecular weight excluding hydrogens is 446 g/mol. The van der Waals surface area contributed by atoms with Crippen molar-refractivity contribution in [3.8, 4) is 11.3 Å². The number of nitrogens with one attached hydrogen (secondary N) is 2. The molecule has 1 fully saturated rings. The first-order valence-corrected chi connectivity index (χ1v) is 11.2. The Morgan fingerprint density at radius 2 is 2.03 bits per heavy atom. The van der Waals surface area contributed by atoms with E-state index >= 15 is 0 Å². The van der Waals surface area contributed by atoms with Crippen molar-refractivity contribution in [1.29, 1.82) is 0 Å². The second-order valence-corrected chi connectivity index (χ2v) is 8.29. The largest absolute Gasteiger partial charge is 0.394 e. The van der Waals surface area contributed by atoms with Crippen molar-refractivity contribution in [1.82, 2.24) is 29.1 Å². The summed E-state index contributed by atoms with van der Waals surface area (Å²) in [5.41, 5.74) is 3.12. The van der Waals surface area contributed by atoms with E-state index in [0.717, 1.165) is 23.9 Å². The van der Waals surface area contributed by atoms with Crippen LogP contribution in [0.15, 0.2) is 24.4 Å². The molecule has 0 bridgehead atoms. The summed E-state index contributed by atoms with van der Waals surface area (Å²) < 4.78 is 34.9. The number of nitrogens with zero attached hydrogens (tertiary/aromatic N) is 6. The van der Waals surface area contributed by atoms with Gasteiger partial charge in [-0.3, -0.25) is 0 Å². The van der Waals surface area contributed by atoms with Gasteiger partial charge < -0.3 is 25.0 Å². The minimum Gasteiger partial charge on any atom is -0.394 e. The number of aryl methyl sites for hydroxylation is 1. The number of hydrogen-bond acceptors (Lipinski definition) is 8. The second kappa shape index (κ2) is 9.11. The molecule has 4 heterocycles. The molecule has 1 aliphatic carbocycles. The minimum absolute atomic E-state index is 0.0197. The average Bonchev–Trinajstić information content (AvgIpc) is 3.35. The number of aliphatic hydroxyl groups excluding tert-OH is 1. The summed E-state index contributed by atoms with van der Waals surface area (Å²) in [4.78, 5) is 13.7. The molecule has 4 aromatic rings. The summed E-state index contributed by atoms with van der Waals surface area (Å²) in [7, 11) is 1.78. The lowest BCUT2D eigenvalue weighted by molar-refractivity contribution is -0.0196. The van der Waals surface area contributed by atoms with Crippen molar-refractivity contribution in [3.63, 3.8) is 0 Å². The molecule has 1 aliphatic rings. The van der Waals surface area contributed by atoms with Gasteiger partial charge in [0.15, 0.2) is 11.5 Å². The van der Waals surface area contributed by atoms with Gasteiger partial charge in [0.1, 0.15) is 16.9 Å². The van der Waals surface area contributed by atoms with Gasteiger partial charge >= 0.3 is 0 Å². The van der Waals surface area contributed by atoms with Crippen molar-refractivity contribution in [3.05, 3.63) is 30.2 Å². The molecule has 4 aromatic heterocycles. The summed E-state index contributed by atoms with van der Waals surface area (Å²) in [5, 5.41) is 19.9. The van der Waals surface area contributed by atoms with Gasteiger partial charge in [-0.05, 0) is 38.0 Å². The van der Waals surface area contributed by atoms with Crippen molar-refractivity contribution in [2.45, 2.75) is 44.9 Å². The van der Waals surface area contributed by atoms with E-state index in [2.05, 4.69) is 30.7 Å². The molecule has 34 heavy (non-hydrogen) atoms. The fraction of sp³-hybridized carbons (Fsp3) is 0.455. The standard InChI is InChI=1S/C22H26F2N8O2/c1-12-26-17-4-3-16(28-21(17)31(12)11-18(23)24)15-5-6-32-19(15)20(25-2)29-22(30-32)27-13-9-14(10-13)34-8-7-33/h3-6,13-14,18,33H,7-11H2,1-2H3,(H2,25,27,29,30). The normalized spacial score (nSPS) is 18.1. The minimum atomic E-state index is -2.50. The Hall–Kier alpha value is -3.38. The Balaban J connectivity index is 1.45. The third-order valence-electron chi connectivity index (χ3n) is 6.00. The van der Waals surface area contributed by atoms with Crippen LogP contribution in [0.1, 0.15) is 18.7 Å². The number of aromatic nitrogens is 6. The van der Waals surface area contributed by atoms with Crippen molar-refractivity contribution in [2.75, 3.05) is 30.9 Å². The number of halogens is 2. The monoisotopic (exact) mass is 472 g/mol. The van der Waals surface area contributed by atoms with Crippen LogP contribution in [0.25, 0.3) is 27.9 Å². The molecule has 0 spiro atoms. The van der Waals surface area contributed by atoms with Gasteiger partial charge in [-0.15, -0.1) is 5.10 Å². The first-order valence-electron chi connectivity index (χ1n) is 11.2. The van der Waals surface area contributed by atoms with Crippen molar-refractivity contribution >= 4 is 28.4 Å². The van der Waals surface area contributed by atoms with Gasteiger partial charge in [0, 0.05) is 24.8 Å². The molecule has 180 valence electrons. The molecule has 0 radical (unpaired) electrons. The Bertz CT molecular complexity index is 1320. The second-order valence-electron chi connectivity index (χ2n) is 8.29. The van der Waals surface area contributed by atoms with Crippen LogP contribution in [0.4, 0.5) is 20.5 Å². The topological polar surface area (TPSA) is 114 Å². The quantitative estimate of drug-likeness (QED) is 0.341. The zero-order valence-electron chi connectivity index (χ0n) is 18.9. The lowest BCUT2D eigenvalue weighted by atomic mass is 9.89. The molecule has 0 amide bonds. The number of ether oxygens (including phenoxy) is 1. The lowest BCUT2D eigenvalue weighted by Crippen LogP contribution is -2.41. The van der Waals surface area contributed by atoms with Crippen molar-refractivity contribution < 1.29 is 18.6 Å². The van der Waals surface area contributed by atoms with Gasteiger partial charge in [-0.25, -0.2) is 23.3 Å². The lowest BCUT2D eigenvalue weighted by Gasteiger charge is -2.35. The number of hydrogen-bond donors (Lipinski definition) is 3. The van der Waals surface area contributed by atoms with Crippen LogP contribution in [0.5, 0.6) is 0 Å². The van der Waals surface area contributed by atoms with E-state index in [0.29, 0.717) is 41.1 Å². The van der Waals surface area contributed by atoms with Crippen LogP contribution >= 0.6 is 0 Å². The van der Waals surface area contributed by atoms with E-state index in [4.69, 9.17) is 9.84 Å². The molecule has 0 aromatic carbocycles. The Labute approximate surface area is 194 Å². The highest BCUT2D eigenvalue weighted by atomic mass is 19.3. The fourth-order valence-corrected chi connectivity index (χ4v) is 4.31. The van der Waals surface area contributed by atoms with Gasteiger partial charge in [-0.1, -0.05) is 0 Å². The third kappa shape index (κ3) is 4.14. The highest BCUT2D eigenvalue weighted by molar-refractivity contribution is 5.89. The van der Waals surface area contributed by atoms with E-state index in [1.165, 1.54) is 4.57 Å². The number of rotatable bonds is 9. The molecule has 12 heteroatoms. The maximum atomic E-state index is 13.1. The summed E-state index contributed by atoms with van der Waals surface area (Å²) >= 11 is 0. The van der Waals surface area contributed by atoms with E-state index in [-0.39, 0.29) is 18.8 Å². The van der Waals surface area contributed by atoms with Crippen LogP contribution in [-0.4, -0.2) is 73.1 Å². The number of imidazole rings is 1. The molecule has 1 saturated carbocycles. The Kier molecular flexibility index (Phi) is 6.00. The molecule has 0 aliphatic heterocycles. The molecule has 0 unspecified atom stereocenters. The highest BCUT2D eigenvalue weighted by Crippen LogP contribution is 2.31. The molecular formula is C22H26F2N8O2. The maximum absolute atomic E-state index is 13.1. The van der Waals surface area contributed by atoms with Gasteiger partial charge in [0.05, 0.1) is 31.6 Å². The van der Waals surface area contributed by atoms with E-state index in [1.54, 1.807) is 24.6 Å². The zero-order chi connectivity index (χ0) is 23.8. The summed E-state index contributed by atoms with van der Waals surface area (Å²) in [5.74, 6) is 1.60. The first kappa shape index (κ1) is 22.4. The molecule has 3 N–H and O–H groups in total. The van der Waals surface area contributed by atoms with Crippen LogP contribution in [-0.2, 0) is 11.3 Å². The Morgan fingerprint density at radius 1 is 1.21 bits per heavy atom. The summed E-state index contributed by atoms with van der Waals surface area (Å²) in [6.45, 7) is 1.61. The smallest absolute Gasteiger partial charge is 0.256 e. The SMILES string of the molecule is CNc1nc(NC2CC(OCCO)C2)nn2ccc(-c3ccc4nc(C)n(CC(F)F)c4n3)c12. The molecule has 0 saturated heterocycles. The molecule has 0 atom stereocenters. The first-order chi connectivity index (χ1) is 16.5. The highest BCUT2D eigenvalue weighted by Gasteiger charge is 2.30. The van der Waals surface area contributed by atoms with E-state index in [1.807, 2.05) is 18.3 Å². The van der Waals surface area contributed by atoms with Gasteiger partial charge in [0.25, 0.3) is 6.43 Å². The van der Waals surface area contributed by atoms with Gasteiger partial charge in [0.2, 0.25) is 5.95 Å². The number of fused-ring (bicyclic) bond motifs is 2. The Morgan fingerprint density at radius 3 is 2.76 bits per heavy atom. The van der Waals surface area contributed by atoms with E-state index in [9.17, 15) is 8.78 Å². The molecule has 5 rings (SSSR count). The molecule has 10 nitrogen and oxygen atoms in total. The maximum Gasteiger partial charge on any atom is 0.256 e. The zero-order valence-corrected chi connectivity index (χ0v) is 18.9. The number of pyridine rings is 1. The van der Waals surface area contributed by atoms with Crippen LogP contribution < -0.4 is 10.6 Å². The van der Waals surface area contributed by atoms with Crippen LogP contribution in [0.2, 0.25) is 0 Å². The number of anilines is 2. The van der Waals surface area contributed by atoms with Crippen LogP contribution in [0.3, 0.4) is 0 Å². The summed E-state index contributed by atoms with van der Waals surface area (Å²) in [6, 6.07) is 5.69. The average molecular weight is 473 g/mol. The van der Waals surface area contributed by atoms with E-state index < -0.39 is 13.0 Å². The number of alkyl halides is 2. The van der Waals surface area contributed by atoms with Gasteiger partial charge in [-0.2, -0.15) is 4.98 Å². The summed E-state index contributed by atoms with van der Waals surface area (Å²) in [6.07, 6.45) is 1.10. The number of aliphatic hydroxyl groups is 1. The van der Waals surface area contributed by atoms with Crippen molar-refractivity contribution in [2.24, 2.45) is 0 Å². The van der Waals surface area contributed by atoms with Crippen LogP contribution in [0, 0.1) is 6.92 Å². The predicted octanol–water partition coefficient (Wildman–Crippen LogP) is 2.71. The fourth-order valence-electron chi connectivity index (χ4n) is 4.31. The third-order valence-corrected chi connectivity index (χ3v) is 6.00. The predicted molar refractivity (Wildman–Crippen MR) is 123 cm³/mol.